The SMILES string of the molecule is CCN(CC(C)C#N)C(=O)Nc1c(Br)cccc1C(=O)O. The highest BCUT2D eigenvalue weighted by Crippen LogP contribution is 2.27. The van der Waals surface area contributed by atoms with Crippen LogP contribution in [0.5, 0.6) is 0 Å². The summed E-state index contributed by atoms with van der Waals surface area (Å²) in [6, 6.07) is 6.27. The van der Waals surface area contributed by atoms with E-state index in [2.05, 4.69) is 27.3 Å². The normalized spacial score (nSPS) is 11.3. The molecule has 0 bridgehead atoms. The standard InChI is InChI=1S/C14H16BrN3O3/c1-3-18(8-9(2)7-16)14(21)17-12-10(13(19)20)5-4-6-11(12)15/h4-6,9H,3,8H2,1-2H3,(H,17,21)(H,19,20). The zero-order chi connectivity index (χ0) is 16.0. The average Bonchev–Trinajstić information content (AvgIpc) is 2.45. The van der Waals surface area contributed by atoms with Crippen LogP contribution >= 0.6 is 15.9 Å². The van der Waals surface area contributed by atoms with Crippen LogP contribution in [-0.4, -0.2) is 35.1 Å². The van der Waals surface area contributed by atoms with E-state index in [9.17, 15) is 9.59 Å². The fourth-order valence-corrected chi connectivity index (χ4v) is 2.21. The molecule has 0 saturated heterocycles. The number of rotatable bonds is 5. The summed E-state index contributed by atoms with van der Waals surface area (Å²) in [4.78, 5) is 24.9. The summed E-state index contributed by atoms with van der Waals surface area (Å²) in [5.74, 6) is -1.42. The van der Waals surface area contributed by atoms with E-state index in [4.69, 9.17) is 10.4 Å². The summed E-state index contributed by atoms with van der Waals surface area (Å²) in [6.07, 6.45) is 0. The minimum Gasteiger partial charge on any atom is -0.478 e. The van der Waals surface area contributed by atoms with Crippen molar-refractivity contribution in [2.45, 2.75) is 13.8 Å². The Labute approximate surface area is 131 Å². The van der Waals surface area contributed by atoms with Gasteiger partial charge in [-0.15, -0.1) is 0 Å². The first-order valence-electron chi connectivity index (χ1n) is 6.38. The number of hydrogen-bond donors (Lipinski definition) is 2. The second-order valence-electron chi connectivity index (χ2n) is 4.47. The van der Waals surface area contributed by atoms with Crippen molar-refractivity contribution < 1.29 is 14.7 Å². The minimum atomic E-state index is -1.12. The lowest BCUT2D eigenvalue weighted by molar-refractivity contribution is 0.0698. The number of nitriles is 1. The highest BCUT2D eigenvalue weighted by molar-refractivity contribution is 9.10. The number of carboxylic acids is 1. The summed E-state index contributed by atoms with van der Waals surface area (Å²) in [5, 5.41) is 20.6. The third-order valence-electron chi connectivity index (χ3n) is 2.86. The molecule has 7 heteroatoms. The number of hydrogen-bond acceptors (Lipinski definition) is 3. The molecule has 1 aromatic carbocycles. The summed E-state index contributed by atoms with van der Waals surface area (Å²) >= 11 is 3.23. The lowest BCUT2D eigenvalue weighted by atomic mass is 10.2. The van der Waals surface area contributed by atoms with Gasteiger partial charge in [-0.25, -0.2) is 9.59 Å². The van der Waals surface area contributed by atoms with E-state index < -0.39 is 12.0 Å². The van der Waals surface area contributed by atoms with Crippen molar-refractivity contribution in [3.05, 3.63) is 28.2 Å². The van der Waals surface area contributed by atoms with Crippen molar-refractivity contribution in [1.82, 2.24) is 4.90 Å². The molecule has 0 aliphatic carbocycles. The number of nitrogens with one attached hydrogen (secondary N) is 1. The fourth-order valence-electron chi connectivity index (χ4n) is 1.74. The van der Waals surface area contributed by atoms with Gasteiger partial charge in [-0.3, -0.25) is 0 Å². The summed E-state index contributed by atoms with van der Waals surface area (Å²) in [7, 11) is 0. The molecule has 112 valence electrons. The van der Waals surface area contributed by atoms with Crippen LogP contribution in [0.25, 0.3) is 0 Å². The van der Waals surface area contributed by atoms with Crippen LogP contribution in [0.4, 0.5) is 10.5 Å². The Hall–Kier alpha value is -2.07. The third-order valence-corrected chi connectivity index (χ3v) is 3.52. The van der Waals surface area contributed by atoms with Gasteiger partial charge in [-0.1, -0.05) is 6.07 Å². The largest absolute Gasteiger partial charge is 0.478 e. The summed E-state index contributed by atoms with van der Waals surface area (Å²) < 4.78 is 0.486. The van der Waals surface area contributed by atoms with Gasteiger partial charge in [0.1, 0.15) is 0 Å². The predicted molar refractivity (Wildman–Crippen MR) is 82.1 cm³/mol. The van der Waals surface area contributed by atoms with E-state index in [1.165, 1.54) is 11.0 Å². The van der Waals surface area contributed by atoms with Crippen LogP contribution < -0.4 is 5.32 Å². The minimum absolute atomic E-state index is 0.00195. The highest BCUT2D eigenvalue weighted by Gasteiger charge is 2.19. The van der Waals surface area contributed by atoms with Gasteiger partial charge >= 0.3 is 12.0 Å². The molecule has 0 saturated carbocycles. The molecular formula is C14H16BrN3O3. The maximum atomic E-state index is 12.2. The van der Waals surface area contributed by atoms with Crippen molar-refractivity contribution in [3.63, 3.8) is 0 Å². The fraction of sp³-hybridized carbons (Fsp3) is 0.357. The predicted octanol–water partition coefficient (Wildman–Crippen LogP) is 3.16. The van der Waals surface area contributed by atoms with Crippen LogP contribution in [0.15, 0.2) is 22.7 Å². The van der Waals surface area contributed by atoms with Crippen molar-refractivity contribution in [2.24, 2.45) is 5.92 Å². The Morgan fingerprint density at radius 3 is 2.71 bits per heavy atom. The third kappa shape index (κ3) is 4.46. The van der Waals surface area contributed by atoms with E-state index in [1.807, 2.05) is 0 Å². The van der Waals surface area contributed by atoms with Gasteiger partial charge in [0.2, 0.25) is 0 Å². The van der Waals surface area contributed by atoms with Gasteiger partial charge in [0, 0.05) is 17.6 Å². The number of anilines is 1. The van der Waals surface area contributed by atoms with Gasteiger partial charge < -0.3 is 15.3 Å². The van der Waals surface area contributed by atoms with E-state index in [1.54, 1.807) is 26.0 Å². The number of carbonyl (C=O) groups is 2. The zero-order valence-corrected chi connectivity index (χ0v) is 13.3. The lowest BCUT2D eigenvalue weighted by Gasteiger charge is -2.23. The Kier molecular flexibility index (Phi) is 6.18. The molecule has 1 atom stereocenters. The van der Waals surface area contributed by atoms with Gasteiger partial charge in [-0.2, -0.15) is 5.26 Å². The maximum Gasteiger partial charge on any atom is 0.337 e. The number of carbonyl (C=O) groups excluding carboxylic acids is 1. The number of para-hydroxylation sites is 1. The summed E-state index contributed by atoms with van der Waals surface area (Å²) in [5.41, 5.74) is 0.208. The van der Waals surface area contributed by atoms with Gasteiger partial charge in [0.25, 0.3) is 0 Å². The van der Waals surface area contributed by atoms with Crippen molar-refractivity contribution in [2.75, 3.05) is 18.4 Å². The van der Waals surface area contributed by atoms with E-state index in [-0.39, 0.29) is 23.7 Å². The van der Waals surface area contributed by atoms with Crippen LogP contribution in [0.2, 0.25) is 0 Å². The smallest absolute Gasteiger partial charge is 0.337 e. The van der Waals surface area contributed by atoms with Crippen LogP contribution in [0, 0.1) is 17.2 Å². The van der Waals surface area contributed by atoms with Crippen molar-refractivity contribution in [1.29, 1.82) is 5.26 Å². The number of aromatic carboxylic acids is 1. The molecule has 6 nitrogen and oxygen atoms in total. The van der Waals surface area contributed by atoms with E-state index in [0.29, 0.717) is 11.0 Å². The second-order valence-corrected chi connectivity index (χ2v) is 5.32. The zero-order valence-electron chi connectivity index (χ0n) is 11.8. The highest BCUT2D eigenvalue weighted by atomic mass is 79.9. The first-order valence-corrected chi connectivity index (χ1v) is 7.17. The number of urea groups is 1. The first kappa shape index (κ1) is 17.0. The molecule has 21 heavy (non-hydrogen) atoms. The van der Waals surface area contributed by atoms with Crippen LogP contribution in [-0.2, 0) is 0 Å². The summed E-state index contributed by atoms with van der Waals surface area (Å²) in [6.45, 7) is 4.22. The molecular weight excluding hydrogens is 338 g/mol. The maximum absolute atomic E-state index is 12.2. The Morgan fingerprint density at radius 1 is 1.52 bits per heavy atom. The Bertz CT molecular complexity index is 583. The second kappa shape index (κ2) is 7.64. The molecule has 0 aromatic heterocycles. The average molecular weight is 354 g/mol. The van der Waals surface area contributed by atoms with Crippen molar-refractivity contribution >= 4 is 33.6 Å². The number of benzene rings is 1. The molecule has 0 spiro atoms. The molecule has 0 aliphatic rings. The molecule has 2 amide bonds. The van der Waals surface area contributed by atoms with E-state index >= 15 is 0 Å². The molecule has 2 N–H and O–H groups in total. The van der Waals surface area contributed by atoms with Gasteiger partial charge in [0.15, 0.2) is 0 Å². The molecule has 1 aromatic rings. The first-order chi connectivity index (χ1) is 9.90. The number of amides is 2. The molecule has 0 heterocycles. The van der Waals surface area contributed by atoms with Crippen molar-refractivity contribution in [3.8, 4) is 6.07 Å². The Balaban J connectivity index is 2.97. The Morgan fingerprint density at radius 2 is 2.19 bits per heavy atom. The quantitative estimate of drug-likeness (QED) is 0.849. The molecule has 0 aliphatic heterocycles. The van der Waals surface area contributed by atoms with E-state index in [0.717, 1.165) is 0 Å². The van der Waals surface area contributed by atoms with Gasteiger partial charge in [0.05, 0.1) is 23.2 Å². The van der Waals surface area contributed by atoms with Crippen LogP contribution in [0.1, 0.15) is 24.2 Å². The number of nitrogens with zero attached hydrogens (tertiary/aromatic N) is 2. The van der Waals surface area contributed by atoms with Crippen LogP contribution in [0.3, 0.4) is 0 Å². The monoisotopic (exact) mass is 353 g/mol. The molecule has 1 unspecified atom stereocenters. The molecule has 1 rings (SSSR count). The molecule has 0 radical (unpaired) electrons. The topological polar surface area (TPSA) is 93.4 Å². The number of halogens is 1. The lowest BCUT2D eigenvalue weighted by Crippen LogP contribution is -2.38. The number of carboxylic acid groups (broad SMARTS) is 1. The van der Waals surface area contributed by atoms with Gasteiger partial charge in [-0.05, 0) is 41.9 Å². The molecule has 0 fully saturated rings.